The molecule has 1 aromatic rings. The molecular weight excluding hydrogens is 308 g/mol. The number of carbonyl (C=O) groups is 1. The molecule has 0 radical (unpaired) electrons. The van der Waals surface area contributed by atoms with Gasteiger partial charge in [-0.3, -0.25) is 9.69 Å². The van der Waals surface area contributed by atoms with Gasteiger partial charge in [0.2, 0.25) is 5.91 Å². The van der Waals surface area contributed by atoms with Crippen LogP contribution in [0.25, 0.3) is 0 Å². The number of amides is 1. The first-order chi connectivity index (χ1) is 11.2. The van der Waals surface area contributed by atoms with Gasteiger partial charge < -0.3 is 4.90 Å². The number of piperidine rings is 1. The second-order valence-electron chi connectivity index (χ2n) is 6.94. The lowest BCUT2D eigenvalue weighted by atomic mass is 9.96. The van der Waals surface area contributed by atoms with Crippen LogP contribution in [0.1, 0.15) is 44.1 Å². The van der Waals surface area contributed by atoms with Crippen LogP contribution in [0.2, 0.25) is 5.02 Å². The molecule has 1 amide bonds. The largest absolute Gasteiger partial charge is 0.342 e. The van der Waals surface area contributed by atoms with Crippen molar-refractivity contribution in [2.45, 2.75) is 45.1 Å². The zero-order valence-corrected chi connectivity index (χ0v) is 14.6. The Hall–Kier alpha value is -1.06. The van der Waals surface area contributed by atoms with Gasteiger partial charge >= 0.3 is 0 Å². The Labute approximate surface area is 144 Å². The fourth-order valence-corrected chi connectivity index (χ4v) is 3.92. The van der Waals surface area contributed by atoms with Gasteiger partial charge in [0.05, 0.1) is 5.92 Å². The van der Waals surface area contributed by atoms with Crippen LogP contribution in [0.3, 0.4) is 0 Å². The Morgan fingerprint density at radius 2 is 1.70 bits per heavy atom. The number of rotatable bonds is 3. The minimum atomic E-state index is 0.189. The lowest BCUT2D eigenvalue weighted by Crippen LogP contribution is -2.44. The summed E-state index contributed by atoms with van der Waals surface area (Å²) in [4.78, 5) is 17.4. The maximum Gasteiger partial charge on any atom is 0.226 e. The Morgan fingerprint density at radius 1 is 1.00 bits per heavy atom. The topological polar surface area (TPSA) is 23.6 Å². The predicted octanol–water partition coefficient (Wildman–Crippen LogP) is 3.95. The molecule has 3 rings (SSSR count). The SMILES string of the molecule is O=C([C@H]1CCCN(Cc2ccc(Cl)cc2)C1)N1CCCCCC1. The normalized spacial score (nSPS) is 23.5. The third kappa shape index (κ3) is 4.71. The fourth-order valence-electron chi connectivity index (χ4n) is 3.80. The van der Waals surface area contributed by atoms with E-state index in [-0.39, 0.29) is 5.92 Å². The molecule has 2 heterocycles. The van der Waals surface area contributed by atoms with Gasteiger partial charge in [-0.15, -0.1) is 0 Å². The van der Waals surface area contributed by atoms with E-state index >= 15 is 0 Å². The maximum atomic E-state index is 12.8. The number of nitrogens with zero attached hydrogens (tertiary/aromatic N) is 2. The number of hydrogen-bond donors (Lipinski definition) is 0. The summed E-state index contributed by atoms with van der Waals surface area (Å²) in [6.07, 6.45) is 7.07. The summed E-state index contributed by atoms with van der Waals surface area (Å²) in [5.41, 5.74) is 1.28. The number of likely N-dealkylation sites (tertiary alicyclic amines) is 2. The van der Waals surface area contributed by atoms with Gasteiger partial charge in [0.25, 0.3) is 0 Å². The molecule has 0 N–H and O–H groups in total. The summed E-state index contributed by atoms with van der Waals surface area (Å²) in [6.45, 7) is 4.84. The molecule has 0 bridgehead atoms. The van der Waals surface area contributed by atoms with Crippen molar-refractivity contribution in [1.29, 1.82) is 0 Å². The molecule has 2 fully saturated rings. The summed E-state index contributed by atoms with van der Waals surface area (Å²) in [5.74, 6) is 0.585. The van der Waals surface area contributed by atoms with Crippen LogP contribution in [-0.4, -0.2) is 41.9 Å². The van der Waals surface area contributed by atoms with Gasteiger partial charge in [0.15, 0.2) is 0 Å². The molecule has 0 aromatic heterocycles. The average molecular weight is 335 g/mol. The molecule has 1 atom stereocenters. The highest BCUT2D eigenvalue weighted by Crippen LogP contribution is 2.22. The molecule has 0 aliphatic carbocycles. The standard InChI is InChI=1S/C19H27ClN2O/c20-18-9-7-16(8-10-18)14-21-11-5-6-17(15-21)19(23)22-12-3-1-2-4-13-22/h7-10,17H,1-6,11-15H2/t17-/m0/s1. The summed E-state index contributed by atoms with van der Waals surface area (Å²) in [6, 6.07) is 8.06. The van der Waals surface area contributed by atoms with E-state index in [4.69, 9.17) is 11.6 Å². The Morgan fingerprint density at radius 3 is 2.39 bits per heavy atom. The van der Waals surface area contributed by atoms with E-state index in [9.17, 15) is 4.79 Å². The Kier molecular flexibility index (Phi) is 5.96. The molecule has 0 saturated carbocycles. The first-order valence-corrected chi connectivity index (χ1v) is 9.36. The predicted molar refractivity (Wildman–Crippen MR) is 94.5 cm³/mol. The quantitative estimate of drug-likeness (QED) is 0.835. The maximum absolute atomic E-state index is 12.8. The van der Waals surface area contributed by atoms with Crippen molar-refractivity contribution in [3.8, 4) is 0 Å². The lowest BCUT2D eigenvalue weighted by molar-refractivity contribution is -0.137. The van der Waals surface area contributed by atoms with E-state index in [0.29, 0.717) is 5.91 Å². The zero-order chi connectivity index (χ0) is 16.1. The van der Waals surface area contributed by atoms with Crippen LogP contribution < -0.4 is 0 Å². The van der Waals surface area contributed by atoms with E-state index in [2.05, 4.69) is 21.9 Å². The van der Waals surface area contributed by atoms with Gasteiger partial charge in [-0.1, -0.05) is 36.6 Å². The van der Waals surface area contributed by atoms with Gasteiger partial charge in [0.1, 0.15) is 0 Å². The lowest BCUT2D eigenvalue weighted by Gasteiger charge is -2.34. The molecule has 3 nitrogen and oxygen atoms in total. The third-order valence-corrected chi connectivity index (χ3v) is 5.34. The summed E-state index contributed by atoms with van der Waals surface area (Å²) in [5, 5.41) is 0.779. The molecule has 2 aliphatic rings. The first-order valence-electron chi connectivity index (χ1n) is 8.98. The summed E-state index contributed by atoms with van der Waals surface area (Å²) >= 11 is 5.95. The highest BCUT2D eigenvalue weighted by molar-refractivity contribution is 6.30. The van der Waals surface area contributed by atoms with Crippen molar-refractivity contribution in [3.05, 3.63) is 34.9 Å². The fraction of sp³-hybridized carbons (Fsp3) is 0.632. The van der Waals surface area contributed by atoms with Crippen molar-refractivity contribution < 1.29 is 4.79 Å². The van der Waals surface area contributed by atoms with Crippen LogP contribution in [-0.2, 0) is 11.3 Å². The Bertz CT molecular complexity index is 509. The number of carbonyl (C=O) groups excluding carboxylic acids is 1. The van der Waals surface area contributed by atoms with Crippen LogP contribution in [0.4, 0.5) is 0 Å². The number of halogens is 1. The van der Waals surface area contributed by atoms with Gasteiger partial charge in [-0.05, 0) is 49.9 Å². The highest BCUT2D eigenvalue weighted by atomic mass is 35.5. The van der Waals surface area contributed by atoms with E-state index in [1.54, 1.807) is 0 Å². The first kappa shape index (κ1) is 16.8. The average Bonchev–Trinajstić information content (AvgIpc) is 2.86. The zero-order valence-electron chi connectivity index (χ0n) is 13.8. The number of hydrogen-bond acceptors (Lipinski definition) is 2. The summed E-state index contributed by atoms with van der Waals surface area (Å²) in [7, 11) is 0. The second kappa shape index (κ2) is 8.16. The third-order valence-electron chi connectivity index (χ3n) is 5.09. The van der Waals surface area contributed by atoms with Gasteiger partial charge in [0, 0.05) is 31.2 Å². The molecule has 126 valence electrons. The number of benzene rings is 1. The molecule has 1 aromatic carbocycles. The Balaban J connectivity index is 1.56. The minimum Gasteiger partial charge on any atom is -0.342 e. The van der Waals surface area contributed by atoms with Crippen molar-refractivity contribution in [2.24, 2.45) is 5.92 Å². The molecule has 2 saturated heterocycles. The second-order valence-corrected chi connectivity index (χ2v) is 7.38. The van der Waals surface area contributed by atoms with Gasteiger partial charge in [-0.2, -0.15) is 0 Å². The van der Waals surface area contributed by atoms with E-state index in [0.717, 1.165) is 50.6 Å². The monoisotopic (exact) mass is 334 g/mol. The van der Waals surface area contributed by atoms with Crippen molar-refractivity contribution >= 4 is 17.5 Å². The molecule has 4 heteroatoms. The van der Waals surface area contributed by atoms with Crippen LogP contribution in [0.5, 0.6) is 0 Å². The molecular formula is C19H27ClN2O. The molecule has 2 aliphatic heterocycles. The van der Waals surface area contributed by atoms with Crippen LogP contribution in [0.15, 0.2) is 24.3 Å². The molecule has 23 heavy (non-hydrogen) atoms. The molecule has 0 spiro atoms. The van der Waals surface area contributed by atoms with Crippen LogP contribution in [0, 0.1) is 5.92 Å². The minimum absolute atomic E-state index is 0.189. The van der Waals surface area contributed by atoms with Crippen molar-refractivity contribution in [1.82, 2.24) is 9.80 Å². The molecule has 0 unspecified atom stereocenters. The van der Waals surface area contributed by atoms with Crippen molar-refractivity contribution in [3.63, 3.8) is 0 Å². The van der Waals surface area contributed by atoms with E-state index in [1.165, 1.54) is 31.2 Å². The van der Waals surface area contributed by atoms with Crippen LogP contribution >= 0.6 is 11.6 Å². The van der Waals surface area contributed by atoms with Crippen molar-refractivity contribution in [2.75, 3.05) is 26.2 Å². The van der Waals surface area contributed by atoms with Gasteiger partial charge in [-0.25, -0.2) is 0 Å². The van der Waals surface area contributed by atoms with E-state index in [1.807, 2.05) is 12.1 Å². The summed E-state index contributed by atoms with van der Waals surface area (Å²) < 4.78 is 0. The highest BCUT2D eigenvalue weighted by Gasteiger charge is 2.29. The smallest absolute Gasteiger partial charge is 0.226 e. The van der Waals surface area contributed by atoms with E-state index < -0.39 is 0 Å².